The molecule has 236 valence electrons. The van der Waals surface area contributed by atoms with Gasteiger partial charge in [-0.15, -0.1) is 0 Å². The zero-order chi connectivity index (χ0) is 31.0. The summed E-state index contributed by atoms with van der Waals surface area (Å²) >= 11 is 0. The Balaban J connectivity index is 1.17. The zero-order valence-electron chi connectivity index (χ0n) is 22.0. The van der Waals surface area contributed by atoms with Gasteiger partial charge in [0, 0.05) is 0 Å². The molecule has 0 saturated carbocycles. The van der Waals surface area contributed by atoms with Crippen molar-refractivity contribution in [2.45, 2.75) is 49.1 Å². The largest absolute Gasteiger partial charge is 0.756 e. The lowest BCUT2D eigenvalue weighted by molar-refractivity contribution is -0.236. The molecule has 44 heavy (non-hydrogen) atoms. The Kier molecular flexibility index (Phi) is 7.16. The number of nitrogens with two attached hydrogens (primary N) is 2. The molecular formula is C20H23N10O12P2-. The molecule has 3 aliphatic rings. The third kappa shape index (κ3) is 5.04. The fourth-order valence-electron chi connectivity index (χ4n) is 5.24. The number of aliphatic hydroxyl groups excluding tert-OH is 2. The van der Waals surface area contributed by atoms with E-state index in [1.165, 1.54) is 21.8 Å². The molecule has 22 nitrogen and oxygen atoms in total. The van der Waals surface area contributed by atoms with E-state index >= 15 is 0 Å². The number of hydrogen-bond donors (Lipinski definition) is 5. The summed E-state index contributed by atoms with van der Waals surface area (Å²) in [6.45, 7) is -1.65. The van der Waals surface area contributed by atoms with Crippen molar-refractivity contribution in [3.05, 3.63) is 25.3 Å². The Bertz CT molecular complexity index is 1690. The number of hydrogen-bond acceptors (Lipinski definition) is 19. The van der Waals surface area contributed by atoms with Crippen LogP contribution in [0.4, 0.5) is 11.6 Å². The minimum atomic E-state index is -5.25. The van der Waals surface area contributed by atoms with Crippen LogP contribution in [0.3, 0.4) is 0 Å². The fraction of sp³-hybridized carbons (Fsp3) is 0.500. The summed E-state index contributed by atoms with van der Waals surface area (Å²) in [5, 5.41) is 22.2. The predicted octanol–water partition coefficient (Wildman–Crippen LogP) is -2.27. The van der Waals surface area contributed by atoms with Crippen LogP contribution in [0.1, 0.15) is 12.5 Å². The number of nitrogen functional groups attached to an aromatic ring is 2. The number of aromatic nitrogens is 8. The van der Waals surface area contributed by atoms with Gasteiger partial charge in [-0.05, 0) is 0 Å². The van der Waals surface area contributed by atoms with Gasteiger partial charge in [0.15, 0.2) is 35.4 Å². The van der Waals surface area contributed by atoms with Gasteiger partial charge in [0.25, 0.3) is 7.82 Å². The van der Waals surface area contributed by atoms with Gasteiger partial charge >= 0.3 is 7.82 Å². The molecule has 0 aliphatic carbocycles. The van der Waals surface area contributed by atoms with Crippen molar-refractivity contribution in [3.63, 3.8) is 0 Å². The lowest BCUT2D eigenvalue weighted by atomic mass is 10.1. The SMILES string of the molecule is Nc1ncnc2c1ncn2[C@@H]1O[C@@H]2COP(=O)([O-])O[C@@H]3[C@H](O)[C@@H](n4cnc5c(N)ncnc54)O[C@H]3COP(=O)(O)O[C@H]2[C@H]1O. The molecule has 24 heteroatoms. The van der Waals surface area contributed by atoms with Gasteiger partial charge in [-0.25, -0.2) is 34.5 Å². The fourth-order valence-corrected chi connectivity index (χ4v) is 7.15. The first kappa shape index (κ1) is 29.5. The van der Waals surface area contributed by atoms with Crippen molar-refractivity contribution in [2.75, 3.05) is 24.7 Å². The summed E-state index contributed by atoms with van der Waals surface area (Å²) in [7, 11) is -10.3. The number of rotatable bonds is 2. The van der Waals surface area contributed by atoms with Crippen molar-refractivity contribution in [3.8, 4) is 0 Å². The molecule has 0 radical (unpaired) electrons. The number of fused-ring (bicyclic) bond motifs is 4. The van der Waals surface area contributed by atoms with Crippen molar-refractivity contribution < 1.29 is 56.7 Å². The van der Waals surface area contributed by atoms with Crippen molar-refractivity contribution in [2.24, 2.45) is 0 Å². The number of phosphoric acid groups is 2. The van der Waals surface area contributed by atoms with E-state index in [4.69, 9.17) is 39.0 Å². The van der Waals surface area contributed by atoms with E-state index in [0.717, 1.165) is 12.7 Å². The number of nitrogens with zero attached hydrogens (tertiary/aromatic N) is 8. The monoisotopic (exact) mass is 657 g/mol. The molecule has 0 amide bonds. The van der Waals surface area contributed by atoms with E-state index in [-0.39, 0.29) is 34.0 Å². The number of phosphoric ester groups is 2. The quantitative estimate of drug-likeness (QED) is 0.142. The Hall–Kier alpha value is -3.24. The van der Waals surface area contributed by atoms with Crippen LogP contribution < -0.4 is 16.4 Å². The van der Waals surface area contributed by atoms with Gasteiger partial charge < -0.3 is 50.0 Å². The molecule has 3 aliphatic heterocycles. The molecule has 0 spiro atoms. The molecule has 0 bridgehead atoms. The summed E-state index contributed by atoms with van der Waals surface area (Å²) in [5.74, 6) is 0.0831. The predicted molar refractivity (Wildman–Crippen MR) is 138 cm³/mol. The maximum absolute atomic E-state index is 13.1. The second-order valence-corrected chi connectivity index (χ2v) is 12.7. The standard InChI is InChI=1S/C20H24N10O12P2/c21-15-9-17(25-3-23-15)29(5-27-9)19-11(31)13-7(39-19)1-37-43(33,34)42-14-8(2-38-44(35,36)41-13)40-20(12(14)32)30-6-28-10-16(22)24-4-26-18(10)30/h3-8,11-14,19-20,31-32H,1-2H2,(H,33,34)(H,35,36)(H2,21,23,25)(H2,22,24,26)/p-1/t7-,8+,11-,12+,13-,14+,19-,20+. The average Bonchev–Trinajstić information content (AvgIpc) is 3.73. The Morgan fingerprint density at radius 3 is 1.77 bits per heavy atom. The zero-order valence-corrected chi connectivity index (χ0v) is 23.8. The summed E-state index contributed by atoms with van der Waals surface area (Å²) in [6, 6.07) is 0. The van der Waals surface area contributed by atoms with Gasteiger partial charge in [0.05, 0.1) is 25.9 Å². The molecule has 3 fully saturated rings. The number of anilines is 2. The van der Waals surface area contributed by atoms with Crippen LogP contribution >= 0.6 is 15.6 Å². The molecular weight excluding hydrogens is 634 g/mol. The van der Waals surface area contributed by atoms with Crippen LogP contribution in [0.5, 0.6) is 0 Å². The van der Waals surface area contributed by atoms with Gasteiger partial charge in [-0.1, -0.05) is 0 Å². The normalized spacial score (nSPS) is 38.3. The molecule has 2 unspecified atom stereocenters. The summed E-state index contributed by atoms with van der Waals surface area (Å²) in [6.07, 6.45) is -7.63. The smallest absolute Gasteiger partial charge is 0.472 e. The van der Waals surface area contributed by atoms with Crippen molar-refractivity contribution in [1.82, 2.24) is 39.0 Å². The van der Waals surface area contributed by atoms with E-state index in [0.29, 0.717) is 0 Å². The number of imidazole rings is 2. The summed E-state index contributed by atoms with van der Waals surface area (Å²) in [5.41, 5.74) is 12.3. The molecule has 4 aromatic heterocycles. The second-order valence-electron chi connectivity index (χ2n) is 9.92. The van der Waals surface area contributed by atoms with Gasteiger partial charge in [0.2, 0.25) is 0 Å². The Morgan fingerprint density at radius 1 is 0.773 bits per heavy atom. The first-order valence-corrected chi connectivity index (χ1v) is 15.7. The Morgan fingerprint density at radius 2 is 1.25 bits per heavy atom. The highest BCUT2D eigenvalue weighted by molar-refractivity contribution is 7.47. The van der Waals surface area contributed by atoms with E-state index in [1.54, 1.807) is 0 Å². The van der Waals surface area contributed by atoms with Crippen LogP contribution in [0.25, 0.3) is 22.3 Å². The minimum absolute atomic E-state index is 0.0407. The van der Waals surface area contributed by atoms with E-state index in [9.17, 15) is 29.1 Å². The van der Waals surface area contributed by atoms with E-state index in [1.807, 2.05) is 0 Å². The highest BCUT2D eigenvalue weighted by Gasteiger charge is 2.52. The highest BCUT2D eigenvalue weighted by Crippen LogP contribution is 2.52. The lowest BCUT2D eigenvalue weighted by Gasteiger charge is -2.32. The first-order valence-electron chi connectivity index (χ1n) is 12.8. The van der Waals surface area contributed by atoms with Crippen LogP contribution in [0, 0.1) is 0 Å². The number of ether oxygens (including phenoxy) is 2. The van der Waals surface area contributed by atoms with Gasteiger partial charge in [0.1, 0.15) is 60.3 Å². The summed E-state index contributed by atoms with van der Waals surface area (Å²) < 4.78 is 60.7. The molecule has 3 saturated heterocycles. The van der Waals surface area contributed by atoms with Gasteiger partial charge in [-0.2, -0.15) is 0 Å². The summed E-state index contributed by atoms with van der Waals surface area (Å²) in [4.78, 5) is 47.5. The van der Waals surface area contributed by atoms with Gasteiger partial charge in [-0.3, -0.25) is 22.7 Å². The topological polar surface area (TPSA) is 313 Å². The van der Waals surface area contributed by atoms with Crippen LogP contribution in [-0.2, 0) is 36.7 Å². The maximum atomic E-state index is 13.1. The van der Waals surface area contributed by atoms with Crippen molar-refractivity contribution >= 4 is 49.6 Å². The average molecular weight is 657 g/mol. The molecule has 7 N–H and O–H groups in total. The second kappa shape index (κ2) is 10.7. The molecule has 10 atom stereocenters. The number of aliphatic hydroxyl groups is 2. The van der Waals surface area contributed by atoms with Crippen LogP contribution in [-0.4, -0.2) is 104 Å². The van der Waals surface area contributed by atoms with Crippen LogP contribution in [0.15, 0.2) is 25.3 Å². The molecule has 4 aromatic rings. The van der Waals surface area contributed by atoms with E-state index < -0.39 is 77.9 Å². The highest BCUT2D eigenvalue weighted by atomic mass is 31.2. The Labute approximate surface area is 244 Å². The minimum Gasteiger partial charge on any atom is -0.756 e. The lowest BCUT2D eigenvalue weighted by Crippen LogP contribution is -2.40. The molecule has 7 heterocycles. The molecule has 0 aromatic carbocycles. The van der Waals surface area contributed by atoms with E-state index in [2.05, 4.69) is 29.9 Å². The maximum Gasteiger partial charge on any atom is 0.472 e. The van der Waals surface area contributed by atoms with Crippen LogP contribution in [0.2, 0.25) is 0 Å². The third-order valence-corrected chi connectivity index (χ3v) is 9.20. The first-order chi connectivity index (χ1) is 20.9. The molecule has 7 rings (SSSR count). The van der Waals surface area contributed by atoms with Crippen molar-refractivity contribution in [1.29, 1.82) is 0 Å². The third-order valence-electron chi connectivity index (χ3n) is 7.25.